The van der Waals surface area contributed by atoms with Crippen molar-refractivity contribution in [3.8, 4) is 11.8 Å². The number of hydrogen-bond acceptors (Lipinski definition) is 3. The van der Waals surface area contributed by atoms with Crippen LogP contribution in [-0.2, 0) is 11.2 Å². The standard InChI is InChI=1S/C28H18FN3O/c29-23-14-11-22(12-15-23)18-26-28(33)32-19-24(16-13-20-7-3-1-4-8-20)30-25(27(32)31-26)17-21-9-5-2-6-10-21/h1-12,14-15,18-19H,17H2/b26-18-. The number of hydrogen-bond donors (Lipinski definition) is 0. The van der Waals surface area contributed by atoms with Gasteiger partial charge in [0.2, 0.25) is 0 Å². The predicted octanol–water partition coefficient (Wildman–Crippen LogP) is 5.00. The minimum Gasteiger partial charge on any atom is -0.266 e. The molecular weight excluding hydrogens is 413 g/mol. The van der Waals surface area contributed by atoms with Crippen LogP contribution in [-0.4, -0.2) is 22.4 Å². The van der Waals surface area contributed by atoms with Gasteiger partial charge in [-0.25, -0.2) is 14.4 Å². The second kappa shape index (κ2) is 8.89. The second-order valence-corrected chi connectivity index (χ2v) is 7.54. The highest BCUT2D eigenvalue weighted by atomic mass is 19.1. The Morgan fingerprint density at radius 1 is 0.848 bits per heavy atom. The van der Waals surface area contributed by atoms with Gasteiger partial charge in [-0.3, -0.25) is 9.69 Å². The molecule has 4 nitrogen and oxygen atoms in total. The van der Waals surface area contributed by atoms with Crippen LogP contribution < -0.4 is 0 Å². The highest BCUT2D eigenvalue weighted by molar-refractivity contribution is 6.48. The Hall–Kier alpha value is -4.56. The molecule has 2 heterocycles. The first kappa shape index (κ1) is 20.3. The van der Waals surface area contributed by atoms with Crippen LogP contribution in [0.1, 0.15) is 16.7 Å². The molecule has 158 valence electrons. The van der Waals surface area contributed by atoms with E-state index >= 15 is 0 Å². The molecule has 0 unspecified atom stereocenters. The number of aliphatic imine (C=N–C) groups is 2. The van der Waals surface area contributed by atoms with Crippen molar-refractivity contribution in [2.24, 2.45) is 9.98 Å². The monoisotopic (exact) mass is 431 g/mol. The quantitative estimate of drug-likeness (QED) is 0.425. The third-order valence-corrected chi connectivity index (χ3v) is 5.15. The Balaban J connectivity index is 1.53. The van der Waals surface area contributed by atoms with Crippen molar-refractivity contribution in [2.45, 2.75) is 6.42 Å². The van der Waals surface area contributed by atoms with E-state index in [1.807, 2.05) is 60.7 Å². The molecule has 33 heavy (non-hydrogen) atoms. The molecule has 0 bridgehead atoms. The summed E-state index contributed by atoms with van der Waals surface area (Å²) in [7, 11) is 0. The maximum atomic E-state index is 13.3. The van der Waals surface area contributed by atoms with Crippen LogP contribution in [0.3, 0.4) is 0 Å². The summed E-state index contributed by atoms with van der Waals surface area (Å²) in [5, 5.41) is 0. The molecule has 0 aliphatic carbocycles. The van der Waals surface area contributed by atoms with E-state index in [2.05, 4.69) is 16.8 Å². The lowest BCUT2D eigenvalue weighted by atomic mass is 10.1. The van der Waals surface area contributed by atoms with Crippen LogP contribution in [0, 0.1) is 17.7 Å². The zero-order chi connectivity index (χ0) is 22.6. The summed E-state index contributed by atoms with van der Waals surface area (Å²) in [6.45, 7) is 0. The summed E-state index contributed by atoms with van der Waals surface area (Å²) in [5.41, 5.74) is 4.03. The number of rotatable bonds is 3. The molecule has 5 heteroatoms. The van der Waals surface area contributed by atoms with Gasteiger partial charge in [0, 0.05) is 18.2 Å². The van der Waals surface area contributed by atoms with E-state index in [1.165, 1.54) is 17.0 Å². The van der Waals surface area contributed by atoms with Crippen LogP contribution in [0.15, 0.2) is 113 Å². The molecule has 0 spiro atoms. The predicted molar refractivity (Wildman–Crippen MR) is 128 cm³/mol. The topological polar surface area (TPSA) is 45.0 Å². The number of benzene rings is 3. The van der Waals surface area contributed by atoms with E-state index in [9.17, 15) is 9.18 Å². The van der Waals surface area contributed by atoms with E-state index in [0.717, 1.165) is 11.1 Å². The van der Waals surface area contributed by atoms with E-state index in [1.54, 1.807) is 24.4 Å². The second-order valence-electron chi connectivity index (χ2n) is 7.54. The fourth-order valence-electron chi connectivity index (χ4n) is 3.54. The lowest BCUT2D eigenvalue weighted by molar-refractivity contribution is -0.120. The van der Waals surface area contributed by atoms with Crippen molar-refractivity contribution in [1.29, 1.82) is 0 Å². The number of allylic oxidation sites excluding steroid dienone is 1. The molecule has 0 atom stereocenters. The lowest BCUT2D eigenvalue weighted by Crippen LogP contribution is -2.36. The first-order chi connectivity index (χ1) is 16.2. The Kier molecular flexibility index (Phi) is 5.48. The van der Waals surface area contributed by atoms with Gasteiger partial charge in [0.25, 0.3) is 5.91 Å². The minimum absolute atomic E-state index is 0.269. The van der Waals surface area contributed by atoms with Gasteiger partial charge in [-0.15, -0.1) is 0 Å². The van der Waals surface area contributed by atoms with Gasteiger partial charge < -0.3 is 0 Å². The van der Waals surface area contributed by atoms with Crippen LogP contribution in [0.2, 0.25) is 0 Å². The lowest BCUT2D eigenvalue weighted by Gasteiger charge is -2.19. The summed E-state index contributed by atoms with van der Waals surface area (Å²) >= 11 is 0. The van der Waals surface area contributed by atoms with Crippen molar-refractivity contribution in [3.63, 3.8) is 0 Å². The number of fused-ring (bicyclic) bond motifs is 1. The fourth-order valence-corrected chi connectivity index (χ4v) is 3.54. The van der Waals surface area contributed by atoms with Crippen molar-refractivity contribution in [2.75, 3.05) is 0 Å². The van der Waals surface area contributed by atoms with Crippen molar-refractivity contribution < 1.29 is 9.18 Å². The maximum absolute atomic E-state index is 13.3. The van der Waals surface area contributed by atoms with Gasteiger partial charge in [-0.2, -0.15) is 0 Å². The molecule has 1 amide bonds. The van der Waals surface area contributed by atoms with Gasteiger partial charge in [0.15, 0.2) is 5.84 Å². The Morgan fingerprint density at radius 2 is 1.55 bits per heavy atom. The molecule has 0 aromatic heterocycles. The van der Waals surface area contributed by atoms with Crippen LogP contribution in [0.5, 0.6) is 0 Å². The highest BCUT2D eigenvalue weighted by Gasteiger charge is 2.34. The maximum Gasteiger partial charge on any atom is 0.282 e. The zero-order valence-electron chi connectivity index (χ0n) is 17.6. The molecule has 0 radical (unpaired) electrons. The van der Waals surface area contributed by atoms with E-state index in [-0.39, 0.29) is 17.4 Å². The Bertz CT molecular complexity index is 1390. The first-order valence-corrected chi connectivity index (χ1v) is 10.5. The molecular formula is C28H18FN3O. The van der Waals surface area contributed by atoms with Gasteiger partial charge >= 0.3 is 0 Å². The summed E-state index contributed by atoms with van der Waals surface area (Å²) in [6.07, 6.45) is 3.78. The van der Waals surface area contributed by atoms with Gasteiger partial charge in [-0.1, -0.05) is 66.6 Å². The molecule has 3 aromatic carbocycles. The molecule has 0 N–H and O–H groups in total. The van der Waals surface area contributed by atoms with E-state index in [4.69, 9.17) is 4.99 Å². The number of carbonyl (C=O) groups is 1. The van der Waals surface area contributed by atoms with Crippen LogP contribution in [0.4, 0.5) is 4.39 Å². The van der Waals surface area contributed by atoms with Gasteiger partial charge in [-0.05, 0) is 47.4 Å². The smallest absolute Gasteiger partial charge is 0.266 e. The van der Waals surface area contributed by atoms with Crippen molar-refractivity contribution in [3.05, 3.63) is 125 Å². The Morgan fingerprint density at radius 3 is 2.27 bits per heavy atom. The Labute approximate surface area is 191 Å². The van der Waals surface area contributed by atoms with Gasteiger partial charge in [0.1, 0.15) is 17.2 Å². The molecule has 0 saturated heterocycles. The molecule has 0 saturated carbocycles. The fraction of sp³-hybridized carbons (Fsp3) is 0.0357. The summed E-state index contributed by atoms with van der Waals surface area (Å²) in [4.78, 5) is 23.9. The number of nitrogens with zero attached hydrogens (tertiary/aromatic N) is 3. The van der Waals surface area contributed by atoms with E-state index < -0.39 is 0 Å². The molecule has 5 rings (SSSR count). The minimum atomic E-state index is -0.333. The zero-order valence-corrected chi connectivity index (χ0v) is 17.6. The molecule has 3 aromatic rings. The van der Waals surface area contributed by atoms with Crippen LogP contribution >= 0.6 is 0 Å². The van der Waals surface area contributed by atoms with Gasteiger partial charge in [0.05, 0.1) is 5.71 Å². The average Bonchev–Trinajstić information content (AvgIpc) is 3.16. The summed E-state index contributed by atoms with van der Waals surface area (Å²) in [5.74, 6) is 6.05. The molecule has 0 fully saturated rings. The highest BCUT2D eigenvalue weighted by Crippen LogP contribution is 2.25. The summed E-state index contributed by atoms with van der Waals surface area (Å²) < 4.78 is 13.3. The number of carbonyl (C=O) groups excluding carboxylic acids is 1. The third-order valence-electron chi connectivity index (χ3n) is 5.15. The first-order valence-electron chi connectivity index (χ1n) is 10.5. The molecule has 2 aliphatic rings. The largest absolute Gasteiger partial charge is 0.282 e. The number of halogens is 1. The molecule has 2 aliphatic heterocycles. The number of amidine groups is 1. The number of amides is 1. The third kappa shape index (κ3) is 4.56. The van der Waals surface area contributed by atoms with Crippen LogP contribution in [0.25, 0.3) is 6.08 Å². The SMILES string of the molecule is O=C1/C(=C/c2ccc(F)cc2)N=C2C(Cc3ccccc3)=NC(C#Cc3ccccc3)=CN12. The van der Waals surface area contributed by atoms with E-state index in [0.29, 0.717) is 29.2 Å². The normalized spacial score (nSPS) is 15.9. The average molecular weight is 431 g/mol. The summed E-state index contributed by atoms with van der Waals surface area (Å²) in [6, 6.07) is 25.4. The van der Waals surface area contributed by atoms with Crippen molar-refractivity contribution in [1.82, 2.24) is 4.90 Å². The van der Waals surface area contributed by atoms with Crippen molar-refractivity contribution >= 4 is 23.5 Å².